The summed E-state index contributed by atoms with van der Waals surface area (Å²) in [5.74, 6) is 0.534. The summed E-state index contributed by atoms with van der Waals surface area (Å²) in [5.41, 5.74) is 1.10. The summed E-state index contributed by atoms with van der Waals surface area (Å²) in [6.45, 7) is 4.56. The minimum Gasteiger partial charge on any atom is -0.489 e. The normalized spacial score (nSPS) is 12.5. The maximum absolute atomic E-state index is 11.9. The summed E-state index contributed by atoms with van der Waals surface area (Å²) in [7, 11) is 0. The van der Waals surface area contributed by atoms with Crippen LogP contribution in [-0.4, -0.2) is 19.8 Å². The molecule has 0 aliphatic carbocycles. The molecule has 0 saturated carbocycles. The van der Waals surface area contributed by atoms with E-state index in [0.29, 0.717) is 10.8 Å². The molecule has 0 aliphatic heterocycles. The van der Waals surface area contributed by atoms with Crippen LogP contribution in [0, 0.1) is 0 Å². The summed E-state index contributed by atoms with van der Waals surface area (Å²) >= 11 is 6.03. The van der Waals surface area contributed by atoms with Crippen LogP contribution in [0.2, 0.25) is 5.02 Å². The lowest BCUT2D eigenvalue weighted by atomic mass is 10.1. The molecule has 0 amide bonds. The van der Waals surface area contributed by atoms with Gasteiger partial charge in [0.2, 0.25) is 0 Å². The highest BCUT2D eigenvalue weighted by Gasteiger charge is 2.07. The number of alkyl halides is 1. The fourth-order valence-electron chi connectivity index (χ4n) is 1.48. The Kier molecular flexibility index (Phi) is 5.56. The van der Waals surface area contributed by atoms with Crippen molar-refractivity contribution in [1.29, 1.82) is 0 Å². The van der Waals surface area contributed by atoms with E-state index in [0.717, 1.165) is 12.1 Å². The predicted octanol–water partition coefficient (Wildman–Crippen LogP) is 3.36. The molecule has 0 spiro atoms. The monoisotopic (exact) mass is 245 g/mol. The van der Waals surface area contributed by atoms with Gasteiger partial charge in [-0.1, -0.05) is 24.6 Å². The van der Waals surface area contributed by atoms with E-state index in [-0.39, 0.29) is 12.6 Å². The molecule has 1 rings (SSSR count). The molecular formula is C12H17ClFNO. The smallest absolute Gasteiger partial charge is 0.138 e. The van der Waals surface area contributed by atoms with Crippen molar-refractivity contribution in [3.8, 4) is 5.75 Å². The summed E-state index contributed by atoms with van der Waals surface area (Å²) in [4.78, 5) is 0. The molecule has 0 saturated heterocycles. The fourth-order valence-corrected chi connectivity index (χ4v) is 1.72. The summed E-state index contributed by atoms with van der Waals surface area (Å²) < 4.78 is 17.1. The predicted molar refractivity (Wildman–Crippen MR) is 65.0 cm³/mol. The molecule has 1 N–H and O–H groups in total. The first-order valence-electron chi connectivity index (χ1n) is 5.40. The van der Waals surface area contributed by atoms with Crippen molar-refractivity contribution in [2.24, 2.45) is 0 Å². The van der Waals surface area contributed by atoms with Gasteiger partial charge in [-0.25, -0.2) is 4.39 Å². The zero-order valence-electron chi connectivity index (χ0n) is 9.59. The summed E-state index contributed by atoms with van der Waals surface area (Å²) in [5, 5.41) is 3.82. The SMILES string of the molecule is CCNC(C)c1ccc(OCCF)c(Cl)c1. The lowest BCUT2D eigenvalue weighted by Gasteiger charge is -2.14. The third kappa shape index (κ3) is 3.65. The van der Waals surface area contributed by atoms with Crippen molar-refractivity contribution < 1.29 is 9.13 Å². The van der Waals surface area contributed by atoms with Crippen molar-refractivity contribution in [2.45, 2.75) is 19.9 Å². The van der Waals surface area contributed by atoms with Crippen molar-refractivity contribution in [3.63, 3.8) is 0 Å². The first-order valence-corrected chi connectivity index (χ1v) is 5.78. The molecule has 90 valence electrons. The molecule has 0 aromatic heterocycles. The van der Waals surface area contributed by atoms with Gasteiger partial charge in [-0.2, -0.15) is 0 Å². The molecule has 0 fully saturated rings. The number of benzene rings is 1. The van der Waals surface area contributed by atoms with Crippen LogP contribution in [0.5, 0.6) is 5.75 Å². The molecule has 4 heteroatoms. The summed E-state index contributed by atoms with van der Waals surface area (Å²) in [6, 6.07) is 5.81. The van der Waals surface area contributed by atoms with Crippen molar-refractivity contribution in [1.82, 2.24) is 5.32 Å². The highest BCUT2D eigenvalue weighted by atomic mass is 35.5. The van der Waals surface area contributed by atoms with Gasteiger partial charge in [-0.15, -0.1) is 0 Å². The number of ether oxygens (including phenoxy) is 1. The zero-order chi connectivity index (χ0) is 12.0. The van der Waals surface area contributed by atoms with E-state index >= 15 is 0 Å². The molecule has 0 radical (unpaired) electrons. The van der Waals surface area contributed by atoms with Gasteiger partial charge in [0.25, 0.3) is 0 Å². The highest BCUT2D eigenvalue weighted by Crippen LogP contribution is 2.27. The molecule has 0 aliphatic rings. The number of halogens is 2. The second-order valence-corrected chi connectivity index (χ2v) is 3.91. The fraction of sp³-hybridized carbons (Fsp3) is 0.500. The van der Waals surface area contributed by atoms with Crippen LogP contribution in [0.15, 0.2) is 18.2 Å². The molecule has 1 aromatic rings. The molecule has 1 aromatic carbocycles. The number of hydrogen-bond donors (Lipinski definition) is 1. The number of rotatable bonds is 6. The third-order valence-corrected chi connectivity index (χ3v) is 2.60. The second kappa shape index (κ2) is 6.71. The molecule has 0 bridgehead atoms. The highest BCUT2D eigenvalue weighted by molar-refractivity contribution is 6.32. The zero-order valence-corrected chi connectivity index (χ0v) is 10.4. The molecule has 2 nitrogen and oxygen atoms in total. The Bertz CT molecular complexity index is 333. The first-order chi connectivity index (χ1) is 7.69. The second-order valence-electron chi connectivity index (χ2n) is 3.51. The van der Waals surface area contributed by atoms with E-state index in [1.807, 2.05) is 12.1 Å². The number of nitrogens with one attached hydrogen (secondary N) is 1. The van der Waals surface area contributed by atoms with E-state index in [2.05, 4.69) is 19.2 Å². The topological polar surface area (TPSA) is 21.3 Å². The molecule has 16 heavy (non-hydrogen) atoms. The molecular weight excluding hydrogens is 229 g/mol. The average molecular weight is 246 g/mol. The van der Waals surface area contributed by atoms with Gasteiger partial charge in [0, 0.05) is 6.04 Å². The minimum atomic E-state index is -0.508. The van der Waals surface area contributed by atoms with E-state index in [1.54, 1.807) is 6.07 Å². The van der Waals surface area contributed by atoms with Crippen molar-refractivity contribution in [3.05, 3.63) is 28.8 Å². The van der Waals surface area contributed by atoms with Gasteiger partial charge < -0.3 is 10.1 Å². The Hall–Kier alpha value is -0.800. The molecule has 0 heterocycles. The Morgan fingerprint density at radius 2 is 2.25 bits per heavy atom. The first kappa shape index (κ1) is 13.3. The lowest BCUT2D eigenvalue weighted by molar-refractivity contribution is 0.273. The van der Waals surface area contributed by atoms with Crippen LogP contribution in [0.3, 0.4) is 0 Å². The van der Waals surface area contributed by atoms with Crippen molar-refractivity contribution in [2.75, 3.05) is 19.8 Å². The van der Waals surface area contributed by atoms with Gasteiger partial charge >= 0.3 is 0 Å². The standard InChI is InChI=1S/C12H17ClFNO/c1-3-15-9(2)10-4-5-12(11(13)8-10)16-7-6-14/h4-5,8-9,15H,3,6-7H2,1-2H3. The van der Waals surface area contributed by atoms with Gasteiger partial charge in [-0.3, -0.25) is 0 Å². The Morgan fingerprint density at radius 3 is 2.81 bits per heavy atom. The number of hydrogen-bond acceptors (Lipinski definition) is 2. The maximum atomic E-state index is 11.9. The van der Waals surface area contributed by atoms with Crippen molar-refractivity contribution >= 4 is 11.6 Å². The minimum absolute atomic E-state index is 0.0435. The quantitative estimate of drug-likeness (QED) is 0.830. The van der Waals surface area contributed by atoms with Gasteiger partial charge in [0.15, 0.2) is 0 Å². The van der Waals surface area contributed by atoms with Crippen LogP contribution in [-0.2, 0) is 0 Å². The van der Waals surface area contributed by atoms with Crippen LogP contribution >= 0.6 is 11.6 Å². The lowest BCUT2D eigenvalue weighted by Crippen LogP contribution is -2.17. The van der Waals surface area contributed by atoms with E-state index in [9.17, 15) is 4.39 Å². The van der Waals surface area contributed by atoms with Crippen LogP contribution in [0.4, 0.5) is 4.39 Å². The van der Waals surface area contributed by atoms with Gasteiger partial charge in [-0.05, 0) is 31.2 Å². The van der Waals surface area contributed by atoms with Crippen LogP contribution < -0.4 is 10.1 Å². The van der Waals surface area contributed by atoms with E-state index < -0.39 is 6.67 Å². The Morgan fingerprint density at radius 1 is 1.50 bits per heavy atom. The van der Waals surface area contributed by atoms with Gasteiger partial charge in [0.05, 0.1) is 5.02 Å². The Balaban J connectivity index is 2.73. The van der Waals surface area contributed by atoms with Gasteiger partial charge in [0.1, 0.15) is 19.0 Å². The molecule has 1 unspecified atom stereocenters. The largest absolute Gasteiger partial charge is 0.489 e. The summed E-state index contributed by atoms with van der Waals surface area (Å²) in [6.07, 6.45) is 0. The molecule has 1 atom stereocenters. The Labute approximate surface area is 101 Å². The van der Waals surface area contributed by atoms with E-state index in [4.69, 9.17) is 16.3 Å². The van der Waals surface area contributed by atoms with Crippen LogP contribution in [0.25, 0.3) is 0 Å². The average Bonchev–Trinajstić information content (AvgIpc) is 2.27. The van der Waals surface area contributed by atoms with Crippen LogP contribution in [0.1, 0.15) is 25.5 Å². The van der Waals surface area contributed by atoms with E-state index in [1.165, 1.54) is 0 Å². The third-order valence-electron chi connectivity index (χ3n) is 2.30. The maximum Gasteiger partial charge on any atom is 0.138 e.